The first-order valence-electron chi connectivity index (χ1n) is 6.44. The van der Waals surface area contributed by atoms with Gasteiger partial charge in [-0.05, 0) is 37.7 Å². The highest BCUT2D eigenvalue weighted by Crippen LogP contribution is 2.11. The zero-order valence-electron chi connectivity index (χ0n) is 11.5. The molecule has 0 spiro atoms. The lowest BCUT2D eigenvalue weighted by Gasteiger charge is -2.21. The van der Waals surface area contributed by atoms with Gasteiger partial charge in [0.2, 0.25) is 0 Å². The summed E-state index contributed by atoms with van der Waals surface area (Å²) in [6, 6.07) is 11.4. The van der Waals surface area contributed by atoms with E-state index in [1.807, 2.05) is 6.92 Å². The highest BCUT2D eigenvalue weighted by Gasteiger charge is 2.07. The lowest BCUT2D eigenvalue weighted by atomic mass is 10.2. The van der Waals surface area contributed by atoms with Crippen LogP contribution in [0.1, 0.15) is 19.4 Å². The molecule has 0 aliphatic heterocycles. The predicted octanol–water partition coefficient (Wildman–Crippen LogP) is 2.42. The first kappa shape index (κ1) is 15.0. The van der Waals surface area contributed by atoms with Gasteiger partial charge in [0.05, 0.1) is 23.6 Å². The monoisotopic (exact) mass is 257 g/mol. The van der Waals surface area contributed by atoms with E-state index in [0.29, 0.717) is 12.2 Å². The molecule has 1 atom stereocenters. The minimum atomic E-state index is 0.0369. The largest absolute Gasteiger partial charge is 0.492 e. The lowest BCUT2D eigenvalue weighted by molar-refractivity contribution is 0.206. The molecule has 4 nitrogen and oxygen atoms in total. The number of benzene rings is 1. The Hall–Kier alpha value is -2.04. The summed E-state index contributed by atoms with van der Waals surface area (Å²) in [6.45, 7) is 7.04. The summed E-state index contributed by atoms with van der Waals surface area (Å²) < 4.78 is 5.62. The third-order valence-corrected chi connectivity index (χ3v) is 2.86. The molecule has 0 bridgehead atoms. The number of hydrogen-bond acceptors (Lipinski definition) is 4. The maximum Gasteiger partial charge on any atom is 0.119 e. The number of ether oxygens (including phenoxy) is 1. The van der Waals surface area contributed by atoms with Crippen LogP contribution in [0.5, 0.6) is 5.75 Å². The van der Waals surface area contributed by atoms with E-state index in [2.05, 4.69) is 24.0 Å². The molecule has 0 heterocycles. The van der Waals surface area contributed by atoms with Crippen LogP contribution in [0, 0.1) is 28.6 Å². The predicted molar refractivity (Wildman–Crippen MR) is 73.5 cm³/mol. The van der Waals surface area contributed by atoms with Gasteiger partial charge in [0, 0.05) is 13.1 Å². The van der Waals surface area contributed by atoms with Gasteiger partial charge in [-0.2, -0.15) is 10.5 Å². The zero-order valence-corrected chi connectivity index (χ0v) is 11.5. The summed E-state index contributed by atoms with van der Waals surface area (Å²) in [5, 5.41) is 17.5. The Morgan fingerprint density at radius 3 is 2.47 bits per heavy atom. The molecule has 0 amide bonds. The molecule has 4 heteroatoms. The Bertz CT molecular complexity index is 456. The second kappa shape index (κ2) is 8.13. The minimum absolute atomic E-state index is 0.0369. The lowest BCUT2D eigenvalue weighted by Crippen LogP contribution is -2.32. The van der Waals surface area contributed by atoms with Crippen molar-refractivity contribution in [2.45, 2.75) is 13.8 Å². The fourth-order valence-electron chi connectivity index (χ4n) is 1.72. The Morgan fingerprint density at radius 1 is 1.26 bits per heavy atom. The number of nitriles is 2. The number of nitrogens with zero attached hydrogens (tertiary/aromatic N) is 3. The van der Waals surface area contributed by atoms with E-state index < -0.39 is 0 Å². The third-order valence-electron chi connectivity index (χ3n) is 2.86. The smallest absolute Gasteiger partial charge is 0.119 e. The molecule has 0 radical (unpaired) electrons. The number of rotatable bonds is 7. The van der Waals surface area contributed by atoms with Crippen LogP contribution in [0.2, 0.25) is 0 Å². The first-order chi connectivity index (χ1) is 9.19. The standard InChI is InChI=1S/C15H19N3O/c1-3-18(12-13(2)10-16)8-9-19-15-6-4-14(11-17)5-7-15/h4-7,13H,3,8-9,12H2,1-2H3. The van der Waals surface area contributed by atoms with E-state index in [-0.39, 0.29) is 5.92 Å². The van der Waals surface area contributed by atoms with Gasteiger partial charge in [0.25, 0.3) is 0 Å². The molecule has 0 saturated heterocycles. The summed E-state index contributed by atoms with van der Waals surface area (Å²) in [5.41, 5.74) is 0.630. The molecular weight excluding hydrogens is 238 g/mol. The molecule has 1 aromatic rings. The molecule has 1 unspecified atom stereocenters. The molecule has 0 aliphatic carbocycles. The molecule has 0 N–H and O–H groups in total. The average Bonchev–Trinajstić information content (AvgIpc) is 2.46. The zero-order chi connectivity index (χ0) is 14.1. The molecule has 0 aromatic heterocycles. The van der Waals surface area contributed by atoms with Crippen LogP contribution in [0.15, 0.2) is 24.3 Å². The van der Waals surface area contributed by atoms with Crippen molar-refractivity contribution in [3.63, 3.8) is 0 Å². The van der Waals surface area contributed by atoms with Crippen molar-refractivity contribution >= 4 is 0 Å². The van der Waals surface area contributed by atoms with Gasteiger partial charge in [0.1, 0.15) is 12.4 Å². The molecule has 0 aliphatic rings. The van der Waals surface area contributed by atoms with Crippen LogP contribution in [-0.2, 0) is 0 Å². The van der Waals surface area contributed by atoms with Crippen molar-refractivity contribution in [3.8, 4) is 17.9 Å². The summed E-state index contributed by atoms with van der Waals surface area (Å²) >= 11 is 0. The molecule has 0 fully saturated rings. The van der Waals surface area contributed by atoms with Gasteiger partial charge >= 0.3 is 0 Å². The van der Waals surface area contributed by atoms with Crippen molar-refractivity contribution in [1.29, 1.82) is 10.5 Å². The van der Waals surface area contributed by atoms with Gasteiger partial charge in [-0.25, -0.2) is 0 Å². The van der Waals surface area contributed by atoms with Crippen molar-refractivity contribution in [2.24, 2.45) is 5.92 Å². The Labute approximate surface area is 114 Å². The van der Waals surface area contributed by atoms with Crippen LogP contribution in [0.4, 0.5) is 0 Å². The molecule has 19 heavy (non-hydrogen) atoms. The topological polar surface area (TPSA) is 60.0 Å². The Balaban J connectivity index is 2.35. The van der Waals surface area contributed by atoms with Crippen LogP contribution < -0.4 is 4.74 Å². The van der Waals surface area contributed by atoms with E-state index >= 15 is 0 Å². The average molecular weight is 257 g/mol. The van der Waals surface area contributed by atoms with E-state index in [9.17, 15) is 0 Å². The fraction of sp³-hybridized carbons (Fsp3) is 0.467. The first-order valence-corrected chi connectivity index (χ1v) is 6.44. The van der Waals surface area contributed by atoms with Crippen LogP contribution in [0.3, 0.4) is 0 Å². The van der Waals surface area contributed by atoms with Crippen molar-refractivity contribution in [3.05, 3.63) is 29.8 Å². The van der Waals surface area contributed by atoms with Gasteiger partial charge in [0.15, 0.2) is 0 Å². The third kappa shape index (κ3) is 5.42. The molecule has 1 aromatic carbocycles. The molecule has 100 valence electrons. The van der Waals surface area contributed by atoms with Crippen LogP contribution in [-0.4, -0.2) is 31.1 Å². The molecule has 1 rings (SSSR count). The summed E-state index contributed by atoms with van der Waals surface area (Å²) in [4.78, 5) is 2.19. The van der Waals surface area contributed by atoms with Crippen molar-refractivity contribution in [2.75, 3.05) is 26.2 Å². The number of likely N-dealkylation sites (N-methyl/N-ethyl adjacent to an activating group) is 1. The second-order valence-electron chi connectivity index (χ2n) is 4.41. The second-order valence-corrected chi connectivity index (χ2v) is 4.41. The highest BCUT2D eigenvalue weighted by molar-refractivity contribution is 5.34. The number of hydrogen-bond donors (Lipinski definition) is 0. The fourth-order valence-corrected chi connectivity index (χ4v) is 1.72. The molecule has 0 saturated carbocycles. The van der Waals surface area contributed by atoms with Crippen LogP contribution >= 0.6 is 0 Å². The quantitative estimate of drug-likeness (QED) is 0.752. The van der Waals surface area contributed by atoms with E-state index in [1.54, 1.807) is 24.3 Å². The van der Waals surface area contributed by atoms with E-state index in [1.165, 1.54) is 0 Å². The maximum atomic E-state index is 8.80. The summed E-state index contributed by atoms with van der Waals surface area (Å²) in [5.74, 6) is 0.804. The van der Waals surface area contributed by atoms with Crippen LogP contribution in [0.25, 0.3) is 0 Å². The maximum absolute atomic E-state index is 8.80. The van der Waals surface area contributed by atoms with Crippen molar-refractivity contribution in [1.82, 2.24) is 4.90 Å². The van der Waals surface area contributed by atoms with Gasteiger partial charge in [-0.1, -0.05) is 6.92 Å². The highest BCUT2D eigenvalue weighted by atomic mass is 16.5. The summed E-state index contributed by atoms with van der Waals surface area (Å²) in [7, 11) is 0. The van der Waals surface area contributed by atoms with E-state index in [0.717, 1.165) is 25.4 Å². The van der Waals surface area contributed by atoms with Crippen molar-refractivity contribution < 1.29 is 4.74 Å². The van der Waals surface area contributed by atoms with Gasteiger partial charge < -0.3 is 4.74 Å². The minimum Gasteiger partial charge on any atom is -0.492 e. The Morgan fingerprint density at radius 2 is 1.95 bits per heavy atom. The SMILES string of the molecule is CCN(CCOc1ccc(C#N)cc1)CC(C)C#N. The van der Waals surface area contributed by atoms with Gasteiger partial charge in [-0.15, -0.1) is 0 Å². The Kier molecular flexibility index (Phi) is 6.43. The van der Waals surface area contributed by atoms with E-state index in [4.69, 9.17) is 15.3 Å². The normalized spacial score (nSPS) is 11.6. The van der Waals surface area contributed by atoms with Gasteiger partial charge in [-0.3, -0.25) is 4.90 Å². The summed E-state index contributed by atoms with van der Waals surface area (Å²) in [6.07, 6.45) is 0. The molecular formula is C15H19N3O.